The summed E-state index contributed by atoms with van der Waals surface area (Å²) in [6.45, 7) is 4.89. The summed E-state index contributed by atoms with van der Waals surface area (Å²) in [5.74, 6) is -0.768. The summed E-state index contributed by atoms with van der Waals surface area (Å²) in [4.78, 5) is 32.7. The van der Waals surface area contributed by atoms with E-state index in [-0.39, 0.29) is 23.2 Å². The third kappa shape index (κ3) is 4.23. The van der Waals surface area contributed by atoms with E-state index in [1.165, 1.54) is 0 Å². The molecule has 4 heteroatoms. The van der Waals surface area contributed by atoms with Crippen molar-refractivity contribution in [1.82, 2.24) is 9.88 Å². The molecule has 150 valence electrons. The van der Waals surface area contributed by atoms with E-state index in [1.54, 1.807) is 23.2 Å². The molecule has 0 radical (unpaired) electrons. The molecule has 1 unspecified atom stereocenters. The van der Waals surface area contributed by atoms with Crippen LogP contribution in [-0.4, -0.2) is 28.1 Å². The lowest BCUT2D eigenvalue weighted by molar-refractivity contribution is -0.134. The Balaban J connectivity index is 1.76. The molecule has 2 heterocycles. The number of aryl methyl sites for hydroxylation is 2. The molecule has 2 aromatic carbocycles. The van der Waals surface area contributed by atoms with Crippen molar-refractivity contribution in [2.75, 3.05) is 6.54 Å². The number of Topliss-reactive ketones (excluding diaryl/α,β-unsaturated/α-hetero) is 1. The second kappa shape index (κ2) is 8.46. The second-order valence-electron chi connectivity index (χ2n) is 7.82. The van der Waals surface area contributed by atoms with Crippen LogP contribution in [-0.2, 0) is 16.1 Å². The van der Waals surface area contributed by atoms with Crippen LogP contribution in [0.2, 0.25) is 0 Å². The van der Waals surface area contributed by atoms with Gasteiger partial charge in [-0.3, -0.25) is 14.6 Å². The largest absolute Gasteiger partial charge is 0.333 e. The summed E-state index contributed by atoms with van der Waals surface area (Å²) in [7, 11) is 0. The SMILES string of the molecule is Cc1cc(C)cc(C2CN(Cc3ccccc3)C(=O)C(=Cc3ccccn3)C2=O)c1. The van der Waals surface area contributed by atoms with Gasteiger partial charge in [-0.25, -0.2) is 0 Å². The lowest BCUT2D eigenvalue weighted by atomic mass is 9.84. The number of hydrogen-bond acceptors (Lipinski definition) is 3. The van der Waals surface area contributed by atoms with Gasteiger partial charge in [0.15, 0.2) is 5.78 Å². The molecule has 0 bridgehead atoms. The number of aromatic nitrogens is 1. The minimum absolute atomic E-state index is 0.139. The van der Waals surface area contributed by atoms with E-state index in [1.807, 2.05) is 68.4 Å². The van der Waals surface area contributed by atoms with Gasteiger partial charge in [-0.1, -0.05) is 65.7 Å². The summed E-state index contributed by atoms with van der Waals surface area (Å²) in [5.41, 5.74) is 5.01. The van der Waals surface area contributed by atoms with Crippen molar-refractivity contribution in [3.05, 3.63) is 106 Å². The fraction of sp³-hybridized carbons (Fsp3) is 0.192. The fourth-order valence-corrected chi connectivity index (χ4v) is 4.00. The molecule has 1 fully saturated rings. The molecule has 0 spiro atoms. The molecule has 4 rings (SSSR count). The predicted molar refractivity (Wildman–Crippen MR) is 118 cm³/mol. The number of amides is 1. The standard InChI is InChI=1S/C26H24N2O2/c1-18-12-19(2)14-21(13-18)24-17-28(16-20-8-4-3-5-9-20)26(30)23(25(24)29)15-22-10-6-7-11-27-22/h3-15,24H,16-17H2,1-2H3. The highest BCUT2D eigenvalue weighted by Gasteiger charge is 2.38. The highest BCUT2D eigenvalue weighted by Crippen LogP contribution is 2.31. The molecule has 1 amide bonds. The van der Waals surface area contributed by atoms with E-state index >= 15 is 0 Å². The molecule has 0 N–H and O–H groups in total. The topological polar surface area (TPSA) is 50.3 Å². The van der Waals surface area contributed by atoms with Crippen molar-refractivity contribution in [2.24, 2.45) is 0 Å². The number of pyridine rings is 1. The maximum Gasteiger partial charge on any atom is 0.257 e. The number of rotatable bonds is 4. The van der Waals surface area contributed by atoms with Crippen molar-refractivity contribution >= 4 is 17.8 Å². The first-order chi connectivity index (χ1) is 14.5. The quantitative estimate of drug-likeness (QED) is 0.483. The number of ketones is 1. The zero-order valence-electron chi connectivity index (χ0n) is 17.2. The maximum absolute atomic E-state index is 13.4. The molecule has 1 aliphatic rings. The molecule has 1 saturated heterocycles. The van der Waals surface area contributed by atoms with Gasteiger partial charge in [0.1, 0.15) is 0 Å². The van der Waals surface area contributed by atoms with Crippen molar-refractivity contribution in [1.29, 1.82) is 0 Å². The first-order valence-electron chi connectivity index (χ1n) is 10.1. The minimum Gasteiger partial charge on any atom is -0.333 e. The number of carbonyl (C=O) groups is 2. The van der Waals surface area contributed by atoms with Crippen molar-refractivity contribution in [3.8, 4) is 0 Å². The normalized spacial score (nSPS) is 18.1. The zero-order valence-corrected chi connectivity index (χ0v) is 17.2. The molecule has 1 aliphatic heterocycles. The Bertz CT molecular complexity index is 1080. The molecule has 1 atom stereocenters. The Kier molecular flexibility index (Phi) is 5.57. The summed E-state index contributed by atoms with van der Waals surface area (Å²) in [6.07, 6.45) is 3.28. The van der Waals surface area contributed by atoms with Crippen LogP contribution in [0.4, 0.5) is 0 Å². The van der Waals surface area contributed by atoms with Gasteiger partial charge in [0.2, 0.25) is 0 Å². The molecule has 1 aromatic heterocycles. The Morgan fingerprint density at radius 2 is 1.67 bits per heavy atom. The van der Waals surface area contributed by atoms with E-state index in [0.717, 1.165) is 22.3 Å². The summed E-state index contributed by atoms with van der Waals surface area (Å²) in [6, 6.07) is 21.5. The molecular formula is C26H24N2O2. The Morgan fingerprint density at radius 3 is 2.33 bits per heavy atom. The van der Waals surface area contributed by atoms with Gasteiger partial charge in [0.25, 0.3) is 5.91 Å². The number of nitrogens with zero attached hydrogens (tertiary/aromatic N) is 2. The van der Waals surface area contributed by atoms with Crippen LogP contribution in [0.15, 0.2) is 78.5 Å². The first-order valence-corrected chi connectivity index (χ1v) is 10.1. The van der Waals surface area contributed by atoms with Gasteiger partial charge in [-0.2, -0.15) is 0 Å². The number of likely N-dealkylation sites (tertiary alicyclic amines) is 1. The van der Waals surface area contributed by atoms with Gasteiger partial charge < -0.3 is 4.90 Å². The van der Waals surface area contributed by atoms with Crippen LogP contribution in [0.3, 0.4) is 0 Å². The highest BCUT2D eigenvalue weighted by atomic mass is 16.2. The average Bonchev–Trinajstić information content (AvgIpc) is 2.74. The monoisotopic (exact) mass is 396 g/mol. The van der Waals surface area contributed by atoms with Gasteiger partial charge in [-0.05, 0) is 43.2 Å². The maximum atomic E-state index is 13.4. The van der Waals surface area contributed by atoms with E-state index in [4.69, 9.17) is 0 Å². The van der Waals surface area contributed by atoms with E-state index < -0.39 is 0 Å². The van der Waals surface area contributed by atoms with Crippen LogP contribution >= 0.6 is 0 Å². The van der Waals surface area contributed by atoms with Crippen molar-refractivity contribution in [3.63, 3.8) is 0 Å². The van der Waals surface area contributed by atoms with Crippen LogP contribution in [0, 0.1) is 13.8 Å². The Labute approximate surface area is 176 Å². The lowest BCUT2D eigenvalue weighted by Gasteiger charge is -2.33. The van der Waals surface area contributed by atoms with Gasteiger partial charge >= 0.3 is 0 Å². The van der Waals surface area contributed by atoms with Crippen LogP contribution in [0.5, 0.6) is 0 Å². The molecule has 30 heavy (non-hydrogen) atoms. The Morgan fingerprint density at radius 1 is 0.967 bits per heavy atom. The van der Waals surface area contributed by atoms with Gasteiger partial charge in [0, 0.05) is 19.3 Å². The Hall–Kier alpha value is -3.53. The smallest absolute Gasteiger partial charge is 0.257 e. The average molecular weight is 396 g/mol. The summed E-state index contributed by atoms with van der Waals surface area (Å²) < 4.78 is 0. The zero-order chi connectivity index (χ0) is 21.1. The first kappa shape index (κ1) is 19.8. The van der Waals surface area contributed by atoms with Crippen molar-refractivity contribution < 1.29 is 9.59 Å². The molecule has 4 nitrogen and oxygen atoms in total. The van der Waals surface area contributed by atoms with Crippen LogP contribution in [0.1, 0.15) is 33.9 Å². The summed E-state index contributed by atoms with van der Waals surface area (Å²) in [5, 5.41) is 0. The van der Waals surface area contributed by atoms with Gasteiger partial charge in [0.05, 0.1) is 17.2 Å². The van der Waals surface area contributed by atoms with Crippen molar-refractivity contribution in [2.45, 2.75) is 26.3 Å². The van der Waals surface area contributed by atoms with E-state index in [0.29, 0.717) is 18.8 Å². The van der Waals surface area contributed by atoms with Crippen LogP contribution in [0.25, 0.3) is 6.08 Å². The fourth-order valence-electron chi connectivity index (χ4n) is 4.00. The number of piperidine rings is 1. The number of carbonyl (C=O) groups excluding carboxylic acids is 2. The second-order valence-corrected chi connectivity index (χ2v) is 7.82. The third-order valence-electron chi connectivity index (χ3n) is 5.35. The minimum atomic E-state index is -0.389. The van der Waals surface area contributed by atoms with E-state index in [2.05, 4.69) is 11.1 Å². The third-order valence-corrected chi connectivity index (χ3v) is 5.35. The number of benzene rings is 2. The van der Waals surface area contributed by atoms with Gasteiger partial charge in [-0.15, -0.1) is 0 Å². The number of hydrogen-bond donors (Lipinski definition) is 0. The van der Waals surface area contributed by atoms with Crippen LogP contribution < -0.4 is 0 Å². The molecule has 3 aromatic rings. The summed E-state index contributed by atoms with van der Waals surface area (Å²) >= 11 is 0. The highest BCUT2D eigenvalue weighted by molar-refractivity contribution is 6.25. The van der Waals surface area contributed by atoms with E-state index in [9.17, 15) is 9.59 Å². The molecule has 0 saturated carbocycles. The predicted octanol–water partition coefficient (Wildman–Crippen LogP) is 4.48. The lowest BCUT2D eigenvalue weighted by Crippen LogP contribution is -2.45. The molecular weight excluding hydrogens is 372 g/mol. The molecule has 0 aliphatic carbocycles.